The van der Waals surface area contributed by atoms with Gasteiger partial charge in [0, 0.05) is 6.07 Å². The number of nitrogens with zero attached hydrogens (tertiary/aromatic N) is 1. The Morgan fingerprint density at radius 2 is 2.07 bits per heavy atom. The Morgan fingerprint density at radius 3 is 2.50 bits per heavy atom. The van der Waals surface area contributed by atoms with Gasteiger partial charge < -0.3 is 17.7 Å². The third-order valence-electron chi connectivity index (χ3n) is 1.40. The molecular weight excluding hydrogens is 217 g/mol. The number of hydrogen-bond donors (Lipinski definition) is 1. The standard InChI is InChI=1S/C7H5NO4S.Na/c9-7(10)4-1-2-6(13)5(3-4)8(11)12;/h1-3,13H,(H,9,10);/q;+1/p-1. The molecule has 0 aromatic heterocycles. The molecule has 0 radical (unpaired) electrons. The molecule has 0 fully saturated rings. The Morgan fingerprint density at radius 1 is 1.50 bits per heavy atom. The molecule has 1 rings (SSSR count). The van der Waals surface area contributed by atoms with Crippen LogP contribution in [0.15, 0.2) is 23.1 Å². The summed E-state index contributed by atoms with van der Waals surface area (Å²) in [5.41, 5.74) is -0.491. The minimum Gasteiger partial charge on any atom is -0.773 e. The zero-order valence-corrected chi connectivity index (χ0v) is 10.1. The van der Waals surface area contributed by atoms with E-state index in [4.69, 9.17) is 5.11 Å². The molecule has 0 aliphatic heterocycles. The molecule has 68 valence electrons. The van der Waals surface area contributed by atoms with Crippen molar-refractivity contribution in [1.82, 2.24) is 0 Å². The Hall–Kier alpha value is -0.690. The number of aromatic carboxylic acids is 1. The molecule has 0 saturated carbocycles. The molecule has 0 aliphatic carbocycles. The van der Waals surface area contributed by atoms with Crippen LogP contribution >= 0.6 is 0 Å². The molecule has 0 bridgehead atoms. The number of benzene rings is 1. The number of nitro groups is 1. The van der Waals surface area contributed by atoms with E-state index in [9.17, 15) is 14.9 Å². The van der Waals surface area contributed by atoms with Gasteiger partial charge in [0.25, 0.3) is 5.69 Å². The summed E-state index contributed by atoms with van der Waals surface area (Å²) >= 11 is 4.64. The van der Waals surface area contributed by atoms with Crippen molar-refractivity contribution in [2.75, 3.05) is 0 Å². The van der Waals surface area contributed by atoms with Crippen molar-refractivity contribution in [3.05, 3.63) is 33.9 Å². The van der Waals surface area contributed by atoms with Crippen molar-refractivity contribution in [3.63, 3.8) is 0 Å². The van der Waals surface area contributed by atoms with Gasteiger partial charge in [0.2, 0.25) is 0 Å². The third kappa shape index (κ3) is 2.91. The van der Waals surface area contributed by atoms with Crippen molar-refractivity contribution in [1.29, 1.82) is 0 Å². The second kappa shape index (κ2) is 5.26. The van der Waals surface area contributed by atoms with Gasteiger partial charge in [-0.1, -0.05) is 11.0 Å². The summed E-state index contributed by atoms with van der Waals surface area (Å²) in [6.07, 6.45) is 0. The van der Waals surface area contributed by atoms with Gasteiger partial charge in [-0.3, -0.25) is 10.1 Å². The summed E-state index contributed by atoms with van der Waals surface area (Å²) in [5, 5.41) is 18.9. The number of carbonyl (C=O) groups is 1. The normalized spacial score (nSPS) is 8.86. The third-order valence-corrected chi connectivity index (χ3v) is 1.75. The minimum absolute atomic E-state index is 0. The van der Waals surface area contributed by atoms with Gasteiger partial charge in [-0.15, -0.1) is 0 Å². The first-order chi connectivity index (χ1) is 6.02. The first-order valence-corrected chi connectivity index (χ1v) is 3.62. The maximum Gasteiger partial charge on any atom is 1.00 e. The average molecular weight is 221 g/mol. The van der Waals surface area contributed by atoms with E-state index in [0.29, 0.717) is 0 Å². The number of hydrogen-bond acceptors (Lipinski definition) is 4. The molecule has 0 saturated heterocycles. The Bertz CT molecular complexity index is 382. The Kier molecular flexibility index (Phi) is 5.00. The molecule has 1 aromatic rings. The SMILES string of the molecule is O=C(O)c1ccc([S-])c([N+](=O)[O-])c1.[Na+]. The molecule has 7 heteroatoms. The van der Waals surface area contributed by atoms with E-state index in [0.717, 1.165) is 6.07 Å². The van der Waals surface area contributed by atoms with Gasteiger partial charge in [-0.05, 0) is 6.07 Å². The van der Waals surface area contributed by atoms with Crippen LogP contribution in [0, 0.1) is 10.1 Å². The van der Waals surface area contributed by atoms with Crippen LogP contribution in [-0.4, -0.2) is 16.0 Å². The fourth-order valence-corrected chi connectivity index (χ4v) is 0.995. The monoisotopic (exact) mass is 221 g/mol. The Balaban J connectivity index is 0.00000169. The molecule has 5 nitrogen and oxygen atoms in total. The summed E-state index contributed by atoms with van der Waals surface area (Å²) in [4.78, 5) is 20.1. The summed E-state index contributed by atoms with van der Waals surface area (Å²) in [6, 6.07) is 3.42. The van der Waals surface area contributed by atoms with E-state index in [-0.39, 0.29) is 45.7 Å². The Labute approximate surface area is 107 Å². The van der Waals surface area contributed by atoms with Gasteiger partial charge >= 0.3 is 35.5 Å². The fraction of sp³-hybridized carbons (Fsp3) is 0. The van der Waals surface area contributed by atoms with Crippen LogP contribution in [0.25, 0.3) is 0 Å². The van der Waals surface area contributed by atoms with Gasteiger partial charge in [0.15, 0.2) is 0 Å². The molecular formula is C7H4NNaO4S. The van der Waals surface area contributed by atoms with E-state index in [2.05, 4.69) is 12.6 Å². The quantitative estimate of drug-likeness (QED) is 0.276. The van der Waals surface area contributed by atoms with Crippen LogP contribution in [-0.2, 0) is 12.6 Å². The number of carboxylic acid groups (broad SMARTS) is 1. The van der Waals surface area contributed by atoms with Crippen LogP contribution in [0.3, 0.4) is 0 Å². The van der Waals surface area contributed by atoms with Crippen molar-refractivity contribution in [2.24, 2.45) is 0 Å². The van der Waals surface area contributed by atoms with Crippen LogP contribution in [0.5, 0.6) is 0 Å². The van der Waals surface area contributed by atoms with Crippen molar-refractivity contribution in [3.8, 4) is 0 Å². The van der Waals surface area contributed by atoms with Gasteiger partial charge in [-0.25, -0.2) is 4.79 Å². The molecule has 14 heavy (non-hydrogen) atoms. The molecule has 0 unspecified atom stereocenters. The molecule has 0 atom stereocenters. The van der Waals surface area contributed by atoms with Crippen molar-refractivity contribution in [2.45, 2.75) is 4.90 Å². The first-order valence-electron chi connectivity index (χ1n) is 3.21. The maximum atomic E-state index is 10.4. The molecule has 1 aromatic carbocycles. The van der Waals surface area contributed by atoms with E-state index in [1.165, 1.54) is 12.1 Å². The van der Waals surface area contributed by atoms with E-state index in [1.54, 1.807) is 0 Å². The van der Waals surface area contributed by atoms with Gasteiger partial charge in [0.1, 0.15) is 0 Å². The molecule has 0 heterocycles. The first kappa shape index (κ1) is 13.3. The predicted molar refractivity (Wildman–Crippen MR) is 45.7 cm³/mol. The average Bonchev–Trinajstić information content (AvgIpc) is 2.04. The van der Waals surface area contributed by atoms with Crippen molar-refractivity contribution >= 4 is 24.3 Å². The smallest absolute Gasteiger partial charge is 0.773 e. The summed E-state index contributed by atoms with van der Waals surface area (Å²) in [7, 11) is 0. The summed E-state index contributed by atoms with van der Waals surface area (Å²) in [5.74, 6) is -1.21. The van der Waals surface area contributed by atoms with Gasteiger partial charge in [-0.2, -0.15) is 0 Å². The van der Waals surface area contributed by atoms with E-state index >= 15 is 0 Å². The second-order valence-electron chi connectivity index (χ2n) is 2.24. The van der Waals surface area contributed by atoms with E-state index in [1.807, 2.05) is 0 Å². The maximum absolute atomic E-state index is 10.4. The number of rotatable bonds is 2. The van der Waals surface area contributed by atoms with Crippen LogP contribution in [0.2, 0.25) is 0 Å². The molecule has 1 N–H and O–H groups in total. The summed E-state index contributed by atoms with van der Waals surface area (Å²) in [6.45, 7) is 0. The second-order valence-corrected chi connectivity index (χ2v) is 2.68. The molecule has 0 aliphatic rings. The van der Waals surface area contributed by atoms with Gasteiger partial charge in [0.05, 0.1) is 10.5 Å². The van der Waals surface area contributed by atoms with Crippen LogP contribution in [0.4, 0.5) is 5.69 Å². The largest absolute Gasteiger partial charge is 1.00 e. The zero-order valence-electron chi connectivity index (χ0n) is 7.26. The summed E-state index contributed by atoms with van der Waals surface area (Å²) < 4.78 is 0. The number of carboxylic acids is 1. The van der Waals surface area contributed by atoms with Crippen molar-refractivity contribution < 1.29 is 44.4 Å². The van der Waals surface area contributed by atoms with Crippen LogP contribution in [0.1, 0.15) is 10.4 Å². The minimum atomic E-state index is -1.21. The van der Waals surface area contributed by atoms with Crippen LogP contribution < -0.4 is 29.6 Å². The zero-order chi connectivity index (χ0) is 10.0. The molecule has 0 amide bonds. The molecule has 0 spiro atoms. The number of nitro benzene ring substituents is 1. The predicted octanol–water partition coefficient (Wildman–Crippen LogP) is -1.80. The van der Waals surface area contributed by atoms with E-state index < -0.39 is 10.9 Å². The topological polar surface area (TPSA) is 80.4 Å². The fourth-order valence-electron chi connectivity index (χ4n) is 0.793.